The summed E-state index contributed by atoms with van der Waals surface area (Å²) >= 11 is 0. The van der Waals surface area contributed by atoms with Gasteiger partial charge in [-0.3, -0.25) is 19.1 Å². The quantitative estimate of drug-likeness (QED) is 0.405. The number of aromatic nitrogens is 5. The van der Waals surface area contributed by atoms with Gasteiger partial charge in [-0.2, -0.15) is 0 Å². The van der Waals surface area contributed by atoms with E-state index < -0.39 is 6.98 Å². The number of fused-ring (bicyclic) bond motifs is 7. The summed E-state index contributed by atoms with van der Waals surface area (Å²) < 4.78 is 29.9. The van der Waals surface area contributed by atoms with Crippen molar-refractivity contribution in [2.24, 2.45) is 14.0 Å². The Hall–Kier alpha value is -2.69. The number of aryl methyl sites for hydroxylation is 2. The number of pyridine rings is 2. The molecular weight excluding hydrogens is 262 g/mol. The van der Waals surface area contributed by atoms with Crippen molar-refractivity contribution >= 4 is 22.1 Å². The average molecular weight is 279 g/mol. The topological polar surface area (TPSA) is 39.5 Å². The molecule has 0 radical (unpaired) electrons. The lowest BCUT2D eigenvalue weighted by molar-refractivity contribution is -0.648. The van der Waals surface area contributed by atoms with Crippen LogP contribution in [0.4, 0.5) is 0 Å². The lowest BCUT2D eigenvalue weighted by atomic mass is 10.2. The van der Waals surface area contributed by atoms with Gasteiger partial charge in [-0.05, 0) is 12.1 Å². The number of rotatable bonds is 0. The van der Waals surface area contributed by atoms with Crippen LogP contribution < -0.4 is 4.57 Å². The van der Waals surface area contributed by atoms with Crippen LogP contribution >= 0.6 is 0 Å². The van der Waals surface area contributed by atoms with Crippen LogP contribution in [0.2, 0.25) is 0 Å². The highest BCUT2D eigenvalue weighted by atomic mass is 15.2. The highest BCUT2D eigenvalue weighted by Crippen LogP contribution is 2.34. The first kappa shape index (κ1) is 8.56. The van der Waals surface area contributed by atoms with E-state index >= 15 is 0 Å². The summed E-state index contributed by atoms with van der Waals surface area (Å²) in [6.45, 7) is -1.64. The van der Waals surface area contributed by atoms with Gasteiger partial charge < -0.3 is 0 Å². The van der Waals surface area contributed by atoms with Crippen LogP contribution in [0.3, 0.4) is 0 Å². The molecule has 0 N–H and O–H groups in total. The predicted molar refractivity (Wildman–Crippen MR) is 79.7 cm³/mol. The molecule has 5 nitrogen and oxygen atoms in total. The molecule has 0 fully saturated rings. The van der Waals surface area contributed by atoms with E-state index in [1.54, 1.807) is 24.8 Å². The molecular formula is C16H14N5+. The minimum atomic E-state index is -2.28. The number of nitrogens with zero attached hydrogens (tertiary/aromatic N) is 5. The molecule has 4 aromatic heterocycles. The first-order valence-electron chi connectivity index (χ1n) is 8.29. The van der Waals surface area contributed by atoms with Crippen molar-refractivity contribution in [1.82, 2.24) is 19.1 Å². The Labute approximate surface area is 125 Å². The van der Waals surface area contributed by atoms with E-state index in [2.05, 4.69) is 14.5 Å². The van der Waals surface area contributed by atoms with Crippen LogP contribution in [0.25, 0.3) is 33.5 Å². The molecule has 0 saturated carbocycles. The average Bonchev–Trinajstić information content (AvgIpc) is 3.15. The van der Waals surface area contributed by atoms with Crippen LogP contribution in [-0.2, 0) is 20.6 Å². The standard InChI is InChI=1S/C16H14N5/c1-19-13-8-18-6-4-11(13)14-16(19)21-9-10-3-5-17-7-12(10)15(21)20(14)2/h3-8H,9H2,1-2H3/q+1/i2D3. The van der Waals surface area contributed by atoms with E-state index in [9.17, 15) is 0 Å². The van der Waals surface area contributed by atoms with Crippen LogP contribution in [0, 0.1) is 0 Å². The van der Waals surface area contributed by atoms with E-state index in [4.69, 9.17) is 4.11 Å². The fraction of sp³-hybridized carbons (Fsp3) is 0.188. The van der Waals surface area contributed by atoms with Crippen LogP contribution in [-0.4, -0.2) is 19.1 Å². The molecule has 5 heteroatoms. The van der Waals surface area contributed by atoms with Gasteiger partial charge in [0.05, 0.1) is 41.8 Å². The smallest absolute Gasteiger partial charge is 0.264 e. The zero-order valence-corrected chi connectivity index (χ0v) is 11.4. The third-order valence-corrected chi connectivity index (χ3v) is 4.37. The molecule has 4 aromatic rings. The second kappa shape index (κ2) is 3.49. The maximum atomic E-state index is 8.10. The van der Waals surface area contributed by atoms with Crippen molar-refractivity contribution < 1.29 is 8.68 Å². The zero-order valence-electron chi connectivity index (χ0n) is 14.4. The summed E-state index contributed by atoms with van der Waals surface area (Å²) in [6.07, 6.45) is 6.96. The fourth-order valence-electron chi connectivity index (χ4n) is 3.45. The highest BCUT2D eigenvalue weighted by Gasteiger charge is 2.34. The Bertz CT molecular complexity index is 1140. The van der Waals surface area contributed by atoms with Crippen LogP contribution in [0.1, 0.15) is 9.68 Å². The lowest BCUT2D eigenvalue weighted by Gasteiger charge is -1.97. The summed E-state index contributed by atoms with van der Waals surface area (Å²) in [5.41, 5.74) is 4.50. The normalized spacial score (nSPS) is 15.8. The maximum absolute atomic E-state index is 8.10. The summed E-state index contributed by atoms with van der Waals surface area (Å²) in [5, 5.41) is 0.894. The van der Waals surface area contributed by atoms with E-state index in [0.717, 1.165) is 33.2 Å². The molecule has 0 amide bonds. The summed E-state index contributed by atoms with van der Waals surface area (Å²) in [5.74, 6) is 0.692. The van der Waals surface area contributed by atoms with Crippen molar-refractivity contribution in [3.05, 3.63) is 42.5 Å². The Morgan fingerprint density at radius 1 is 1.19 bits per heavy atom. The van der Waals surface area contributed by atoms with Gasteiger partial charge in [0.1, 0.15) is 5.52 Å². The molecule has 0 atom stereocenters. The molecule has 0 unspecified atom stereocenters. The molecule has 21 heavy (non-hydrogen) atoms. The van der Waals surface area contributed by atoms with Gasteiger partial charge in [-0.15, -0.1) is 0 Å². The molecule has 0 aliphatic carbocycles. The number of hydrogen-bond acceptors (Lipinski definition) is 2. The Morgan fingerprint density at radius 3 is 2.95 bits per heavy atom. The van der Waals surface area contributed by atoms with Crippen LogP contribution in [0.15, 0.2) is 36.9 Å². The van der Waals surface area contributed by atoms with Gasteiger partial charge in [0.25, 0.3) is 5.65 Å². The van der Waals surface area contributed by atoms with E-state index in [-0.39, 0.29) is 0 Å². The van der Waals surface area contributed by atoms with Gasteiger partial charge in [0.2, 0.25) is 5.82 Å². The molecule has 0 spiro atoms. The first-order chi connectivity index (χ1) is 11.5. The summed E-state index contributed by atoms with van der Waals surface area (Å²) in [7, 11) is 1.95. The lowest BCUT2D eigenvalue weighted by Crippen LogP contribution is -2.33. The highest BCUT2D eigenvalue weighted by molar-refractivity contribution is 6.04. The molecule has 102 valence electrons. The molecule has 0 aromatic carbocycles. The maximum Gasteiger partial charge on any atom is 0.269 e. The van der Waals surface area contributed by atoms with Gasteiger partial charge in [-0.25, -0.2) is 4.57 Å². The molecule has 5 rings (SSSR count). The molecule has 0 saturated heterocycles. The van der Waals surface area contributed by atoms with Crippen LogP contribution in [0.5, 0.6) is 0 Å². The number of imidazole rings is 1. The molecule has 1 aliphatic rings. The van der Waals surface area contributed by atoms with Crippen molar-refractivity contribution in [2.45, 2.75) is 6.54 Å². The fourth-order valence-corrected chi connectivity index (χ4v) is 3.45. The van der Waals surface area contributed by atoms with Crippen molar-refractivity contribution in [2.75, 3.05) is 0 Å². The first-order valence-corrected chi connectivity index (χ1v) is 6.79. The third-order valence-electron chi connectivity index (χ3n) is 4.37. The molecule has 1 aliphatic heterocycles. The second-order valence-electron chi connectivity index (χ2n) is 5.40. The van der Waals surface area contributed by atoms with E-state index in [1.807, 2.05) is 23.7 Å². The van der Waals surface area contributed by atoms with Crippen molar-refractivity contribution in [3.63, 3.8) is 0 Å². The molecule has 5 heterocycles. The molecule has 0 bridgehead atoms. The van der Waals surface area contributed by atoms with E-state index in [1.165, 1.54) is 4.57 Å². The van der Waals surface area contributed by atoms with Gasteiger partial charge in [0.15, 0.2) is 5.52 Å². The Morgan fingerprint density at radius 2 is 2.05 bits per heavy atom. The SMILES string of the molecule is [2H]C([2H])([2H])n1c2[n+](c3c1c1ccncc1n3C)Cc1ccncc1-2. The number of hydrogen-bond donors (Lipinski definition) is 0. The summed E-state index contributed by atoms with van der Waals surface area (Å²) in [4.78, 5) is 8.37. The third kappa shape index (κ3) is 1.15. The predicted octanol–water partition coefficient (Wildman–Crippen LogP) is 1.78. The minimum absolute atomic E-state index is 0.643. The Balaban J connectivity index is 2.05. The largest absolute Gasteiger partial charge is 0.269 e. The van der Waals surface area contributed by atoms with Crippen molar-refractivity contribution in [1.29, 1.82) is 0 Å². The van der Waals surface area contributed by atoms with Crippen molar-refractivity contribution in [3.8, 4) is 11.4 Å². The van der Waals surface area contributed by atoms with E-state index in [0.29, 0.717) is 12.4 Å². The van der Waals surface area contributed by atoms with Gasteiger partial charge in [-0.1, -0.05) is 0 Å². The minimum Gasteiger partial charge on any atom is -0.264 e. The van der Waals surface area contributed by atoms with Gasteiger partial charge >= 0.3 is 0 Å². The Kier molecular flexibility index (Phi) is 1.42. The second-order valence-corrected chi connectivity index (χ2v) is 5.40. The monoisotopic (exact) mass is 279 g/mol. The zero-order chi connectivity index (χ0) is 16.6. The van der Waals surface area contributed by atoms with Gasteiger partial charge in [0, 0.05) is 24.2 Å². The summed E-state index contributed by atoms with van der Waals surface area (Å²) in [6, 6.07) is 3.82.